The fourth-order valence-corrected chi connectivity index (χ4v) is 2.03. The van der Waals surface area contributed by atoms with Crippen LogP contribution in [-0.2, 0) is 11.3 Å². The third kappa shape index (κ3) is 3.57. The van der Waals surface area contributed by atoms with E-state index in [0.29, 0.717) is 12.5 Å². The number of aldehydes is 1. The van der Waals surface area contributed by atoms with Crippen LogP contribution in [0.2, 0.25) is 0 Å². The smallest absolute Gasteiger partial charge is 0.133 e. The maximum atomic E-state index is 10.5. The lowest BCUT2D eigenvalue weighted by Crippen LogP contribution is -2.20. The number of ether oxygens (including phenoxy) is 1. The fraction of sp³-hybridized carbons (Fsp3) is 0.533. The van der Waals surface area contributed by atoms with Gasteiger partial charge in [0, 0.05) is 6.54 Å². The molecule has 3 nitrogen and oxygen atoms in total. The maximum absolute atomic E-state index is 10.5. The molecule has 0 aliphatic heterocycles. The van der Waals surface area contributed by atoms with Crippen molar-refractivity contribution >= 4 is 6.29 Å². The summed E-state index contributed by atoms with van der Waals surface area (Å²) < 4.78 is 5.43. The van der Waals surface area contributed by atoms with Crippen molar-refractivity contribution in [1.82, 2.24) is 4.90 Å². The SMILES string of the molecule is COc1cc(C)c(CN(C)CC=O)cc1C(C)C. The van der Waals surface area contributed by atoms with E-state index in [0.717, 1.165) is 18.6 Å². The average molecular weight is 249 g/mol. The molecular weight excluding hydrogens is 226 g/mol. The summed E-state index contributed by atoms with van der Waals surface area (Å²) in [6.07, 6.45) is 0.933. The van der Waals surface area contributed by atoms with E-state index in [1.165, 1.54) is 16.7 Å². The Hall–Kier alpha value is -1.35. The predicted octanol–water partition coefficient (Wildman–Crippen LogP) is 2.76. The van der Waals surface area contributed by atoms with Crippen LogP contribution in [0.5, 0.6) is 5.75 Å². The summed E-state index contributed by atoms with van der Waals surface area (Å²) in [5, 5.41) is 0. The van der Waals surface area contributed by atoms with Crippen LogP contribution in [0.15, 0.2) is 12.1 Å². The Balaban J connectivity index is 3.05. The number of likely N-dealkylation sites (N-methyl/N-ethyl adjacent to an activating group) is 1. The molecule has 1 aromatic carbocycles. The lowest BCUT2D eigenvalue weighted by atomic mass is 9.96. The minimum absolute atomic E-state index is 0.427. The molecule has 0 aromatic heterocycles. The van der Waals surface area contributed by atoms with Crippen molar-refractivity contribution in [3.8, 4) is 5.75 Å². The molecule has 0 radical (unpaired) electrons. The van der Waals surface area contributed by atoms with Crippen molar-refractivity contribution in [2.75, 3.05) is 20.7 Å². The van der Waals surface area contributed by atoms with Gasteiger partial charge in [-0.15, -0.1) is 0 Å². The normalized spacial score (nSPS) is 11.1. The zero-order valence-corrected chi connectivity index (χ0v) is 12.0. The van der Waals surface area contributed by atoms with E-state index in [2.05, 4.69) is 32.9 Å². The highest BCUT2D eigenvalue weighted by molar-refractivity contribution is 5.52. The first-order valence-electron chi connectivity index (χ1n) is 6.29. The molecule has 18 heavy (non-hydrogen) atoms. The molecule has 100 valence electrons. The van der Waals surface area contributed by atoms with Crippen LogP contribution in [0.3, 0.4) is 0 Å². The quantitative estimate of drug-likeness (QED) is 0.726. The third-order valence-electron chi connectivity index (χ3n) is 3.14. The van der Waals surface area contributed by atoms with Gasteiger partial charge in [-0.1, -0.05) is 19.9 Å². The molecule has 0 N–H and O–H groups in total. The molecule has 0 atom stereocenters. The first-order chi connectivity index (χ1) is 8.49. The summed E-state index contributed by atoms with van der Waals surface area (Å²) in [6, 6.07) is 4.28. The Morgan fingerprint density at radius 3 is 2.56 bits per heavy atom. The summed E-state index contributed by atoms with van der Waals surface area (Å²) in [5.41, 5.74) is 3.68. The number of aryl methyl sites for hydroxylation is 1. The van der Waals surface area contributed by atoms with Gasteiger partial charge in [0.05, 0.1) is 13.7 Å². The van der Waals surface area contributed by atoms with Gasteiger partial charge in [0.15, 0.2) is 0 Å². The van der Waals surface area contributed by atoms with Gasteiger partial charge in [-0.05, 0) is 42.6 Å². The first kappa shape index (κ1) is 14.7. The molecule has 0 aliphatic carbocycles. The van der Waals surface area contributed by atoms with Crippen molar-refractivity contribution in [1.29, 1.82) is 0 Å². The van der Waals surface area contributed by atoms with E-state index in [9.17, 15) is 4.79 Å². The van der Waals surface area contributed by atoms with E-state index < -0.39 is 0 Å². The number of methoxy groups -OCH3 is 1. The number of nitrogens with zero attached hydrogens (tertiary/aromatic N) is 1. The molecule has 0 saturated heterocycles. The maximum Gasteiger partial charge on any atom is 0.133 e. The van der Waals surface area contributed by atoms with Crippen molar-refractivity contribution in [2.24, 2.45) is 0 Å². The minimum Gasteiger partial charge on any atom is -0.496 e. The van der Waals surface area contributed by atoms with Gasteiger partial charge < -0.3 is 9.53 Å². The van der Waals surface area contributed by atoms with Crippen LogP contribution in [0.4, 0.5) is 0 Å². The monoisotopic (exact) mass is 249 g/mol. The molecule has 1 aromatic rings. The van der Waals surface area contributed by atoms with Crippen molar-refractivity contribution in [3.63, 3.8) is 0 Å². The van der Waals surface area contributed by atoms with E-state index in [1.807, 2.05) is 11.9 Å². The second-order valence-corrected chi connectivity index (χ2v) is 5.04. The molecule has 0 bridgehead atoms. The Bertz CT molecular complexity index is 413. The lowest BCUT2D eigenvalue weighted by molar-refractivity contribution is -0.108. The zero-order valence-electron chi connectivity index (χ0n) is 12.0. The van der Waals surface area contributed by atoms with Gasteiger partial charge in [-0.2, -0.15) is 0 Å². The molecule has 3 heteroatoms. The highest BCUT2D eigenvalue weighted by Gasteiger charge is 2.12. The summed E-state index contributed by atoms with van der Waals surface area (Å²) in [7, 11) is 3.66. The van der Waals surface area contributed by atoms with Gasteiger partial charge in [-0.25, -0.2) is 0 Å². The minimum atomic E-state index is 0.427. The van der Waals surface area contributed by atoms with Gasteiger partial charge in [-0.3, -0.25) is 4.90 Å². The molecule has 1 rings (SSSR count). The van der Waals surface area contributed by atoms with Crippen LogP contribution >= 0.6 is 0 Å². The van der Waals surface area contributed by atoms with E-state index in [4.69, 9.17) is 4.74 Å². The fourth-order valence-electron chi connectivity index (χ4n) is 2.03. The molecule has 0 spiro atoms. The Morgan fingerprint density at radius 2 is 2.06 bits per heavy atom. The second kappa shape index (κ2) is 6.55. The van der Waals surface area contributed by atoms with Crippen LogP contribution in [0, 0.1) is 6.92 Å². The summed E-state index contributed by atoms with van der Waals surface area (Å²) in [4.78, 5) is 12.5. The molecule has 0 aliphatic rings. The predicted molar refractivity (Wildman–Crippen MR) is 74.2 cm³/mol. The average Bonchev–Trinajstić information content (AvgIpc) is 2.31. The Kier molecular flexibility index (Phi) is 5.35. The Morgan fingerprint density at radius 1 is 1.39 bits per heavy atom. The third-order valence-corrected chi connectivity index (χ3v) is 3.14. The van der Waals surface area contributed by atoms with Gasteiger partial charge >= 0.3 is 0 Å². The molecule has 0 unspecified atom stereocenters. The van der Waals surface area contributed by atoms with Crippen molar-refractivity contribution in [3.05, 3.63) is 28.8 Å². The number of hydrogen-bond donors (Lipinski definition) is 0. The van der Waals surface area contributed by atoms with Gasteiger partial charge in [0.25, 0.3) is 0 Å². The van der Waals surface area contributed by atoms with Crippen molar-refractivity contribution < 1.29 is 9.53 Å². The van der Waals surface area contributed by atoms with Crippen LogP contribution in [-0.4, -0.2) is 31.9 Å². The highest BCUT2D eigenvalue weighted by Crippen LogP contribution is 2.29. The molecule has 0 amide bonds. The van der Waals surface area contributed by atoms with Crippen LogP contribution in [0.25, 0.3) is 0 Å². The largest absolute Gasteiger partial charge is 0.496 e. The van der Waals surface area contributed by atoms with Crippen LogP contribution in [0.1, 0.15) is 36.5 Å². The number of benzene rings is 1. The molecular formula is C15H23NO2. The summed E-state index contributed by atoms with van der Waals surface area (Å²) in [6.45, 7) is 7.64. The number of hydrogen-bond acceptors (Lipinski definition) is 3. The zero-order chi connectivity index (χ0) is 13.7. The molecule has 0 saturated carbocycles. The van der Waals surface area contributed by atoms with E-state index in [-0.39, 0.29) is 0 Å². The molecule has 0 fully saturated rings. The van der Waals surface area contributed by atoms with E-state index in [1.54, 1.807) is 7.11 Å². The summed E-state index contributed by atoms with van der Waals surface area (Å²) >= 11 is 0. The van der Waals surface area contributed by atoms with E-state index >= 15 is 0 Å². The first-order valence-corrected chi connectivity index (χ1v) is 6.29. The number of carbonyl (C=O) groups excluding carboxylic acids is 1. The summed E-state index contributed by atoms with van der Waals surface area (Å²) in [5.74, 6) is 1.37. The number of rotatable bonds is 6. The van der Waals surface area contributed by atoms with Gasteiger partial charge in [0.2, 0.25) is 0 Å². The Labute approximate surface area is 110 Å². The molecule has 0 heterocycles. The standard InChI is InChI=1S/C15H23NO2/c1-11(2)14-9-13(10-16(4)6-7-17)12(3)8-15(14)18-5/h7-9,11H,6,10H2,1-5H3. The topological polar surface area (TPSA) is 29.5 Å². The second-order valence-electron chi connectivity index (χ2n) is 5.04. The van der Waals surface area contributed by atoms with Gasteiger partial charge in [0.1, 0.15) is 12.0 Å². The van der Waals surface area contributed by atoms with Crippen LogP contribution < -0.4 is 4.74 Å². The number of carbonyl (C=O) groups is 1. The lowest BCUT2D eigenvalue weighted by Gasteiger charge is -2.19. The van der Waals surface area contributed by atoms with Crippen molar-refractivity contribution in [2.45, 2.75) is 33.2 Å². The highest BCUT2D eigenvalue weighted by atomic mass is 16.5.